The molecule has 2 unspecified atom stereocenters. The smallest absolute Gasteiger partial charge is 0.264 e. The van der Waals surface area contributed by atoms with Crippen LogP contribution in [-0.2, 0) is 26.0 Å². The van der Waals surface area contributed by atoms with Crippen LogP contribution in [0.5, 0.6) is 0 Å². The minimum atomic E-state index is -4.16. The molecule has 3 rings (SSSR count). The Morgan fingerprint density at radius 3 is 2.15 bits per heavy atom. The second kappa shape index (κ2) is 13.6. The van der Waals surface area contributed by atoms with E-state index < -0.39 is 28.5 Å². The fourth-order valence-electron chi connectivity index (χ4n) is 4.04. The van der Waals surface area contributed by atoms with Gasteiger partial charge in [0.1, 0.15) is 12.6 Å². The van der Waals surface area contributed by atoms with Gasteiger partial charge in [0.05, 0.1) is 15.6 Å². The van der Waals surface area contributed by atoms with Gasteiger partial charge < -0.3 is 10.2 Å². The molecular weight excluding hydrogens is 534 g/mol. The molecule has 0 saturated carbocycles. The first-order valence-electron chi connectivity index (χ1n) is 13.0. The molecule has 0 fully saturated rings. The van der Waals surface area contributed by atoms with Gasteiger partial charge in [0, 0.05) is 12.6 Å². The number of nitrogens with zero attached hydrogens (tertiary/aromatic N) is 2. The predicted molar refractivity (Wildman–Crippen MR) is 156 cm³/mol. The first-order valence-corrected chi connectivity index (χ1v) is 14.8. The van der Waals surface area contributed by atoms with Crippen LogP contribution in [0.25, 0.3) is 0 Å². The Hall–Kier alpha value is -3.36. The Labute approximate surface area is 236 Å². The summed E-state index contributed by atoms with van der Waals surface area (Å²) in [5, 5.41) is 3.13. The molecule has 0 aliphatic heterocycles. The number of nitrogens with one attached hydrogen (secondary N) is 1. The van der Waals surface area contributed by atoms with Crippen LogP contribution in [0.2, 0.25) is 5.02 Å². The van der Waals surface area contributed by atoms with E-state index in [2.05, 4.69) is 5.32 Å². The normalized spacial score (nSPS) is 12.8. The van der Waals surface area contributed by atoms with Gasteiger partial charge in [-0.1, -0.05) is 78.7 Å². The number of rotatable bonds is 12. The van der Waals surface area contributed by atoms with E-state index >= 15 is 0 Å². The number of sulfonamides is 1. The van der Waals surface area contributed by atoms with Gasteiger partial charge in [0.15, 0.2) is 0 Å². The summed E-state index contributed by atoms with van der Waals surface area (Å²) in [4.78, 5) is 28.4. The van der Waals surface area contributed by atoms with E-state index in [-0.39, 0.29) is 34.1 Å². The molecule has 2 amide bonds. The van der Waals surface area contributed by atoms with Crippen molar-refractivity contribution in [2.75, 3.05) is 17.4 Å². The number of anilines is 1. The molecule has 0 aromatic heterocycles. The monoisotopic (exact) mass is 569 g/mol. The largest absolute Gasteiger partial charge is 0.352 e. The second-order valence-electron chi connectivity index (χ2n) is 9.59. The zero-order valence-corrected chi connectivity index (χ0v) is 24.4. The SMILES string of the molecule is CCC(C)NC(=O)C(C)N(CCc1ccccc1)C(=O)CN(c1ccccc1Cl)S(=O)(=O)c1ccc(C)cc1. The van der Waals surface area contributed by atoms with Crippen molar-refractivity contribution in [3.63, 3.8) is 0 Å². The van der Waals surface area contributed by atoms with Crippen LogP contribution < -0.4 is 9.62 Å². The zero-order valence-electron chi connectivity index (χ0n) is 22.8. The molecule has 3 aromatic rings. The molecule has 9 heteroatoms. The van der Waals surface area contributed by atoms with E-state index in [1.54, 1.807) is 43.3 Å². The molecule has 1 N–H and O–H groups in total. The summed E-state index contributed by atoms with van der Waals surface area (Å²) >= 11 is 6.43. The zero-order chi connectivity index (χ0) is 28.6. The number of para-hydroxylation sites is 1. The maximum Gasteiger partial charge on any atom is 0.264 e. The Balaban J connectivity index is 1.98. The summed E-state index contributed by atoms with van der Waals surface area (Å²) in [5.41, 5.74) is 2.09. The Bertz CT molecular complexity index is 1360. The van der Waals surface area contributed by atoms with Crippen LogP contribution in [-0.4, -0.2) is 50.3 Å². The van der Waals surface area contributed by atoms with Crippen LogP contribution in [0.3, 0.4) is 0 Å². The van der Waals surface area contributed by atoms with Gasteiger partial charge in [-0.3, -0.25) is 13.9 Å². The highest BCUT2D eigenvalue weighted by atomic mass is 35.5. The molecule has 0 bridgehead atoms. The van der Waals surface area contributed by atoms with Gasteiger partial charge in [0.25, 0.3) is 10.0 Å². The molecule has 208 valence electrons. The Morgan fingerprint density at radius 1 is 0.923 bits per heavy atom. The number of halogens is 1. The maximum atomic E-state index is 13.9. The van der Waals surface area contributed by atoms with Gasteiger partial charge in [-0.25, -0.2) is 8.42 Å². The maximum absolute atomic E-state index is 13.9. The quantitative estimate of drug-likeness (QED) is 0.324. The van der Waals surface area contributed by atoms with Crippen molar-refractivity contribution >= 4 is 39.1 Å². The lowest BCUT2D eigenvalue weighted by molar-refractivity contribution is -0.139. The van der Waals surface area contributed by atoms with E-state index in [0.29, 0.717) is 6.42 Å². The summed E-state index contributed by atoms with van der Waals surface area (Å²) in [6.45, 7) is 7.10. The number of hydrogen-bond acceptors (Lipinski definition) is 4. The highest BCUT2D eigenvalue weighted by Gasteiger charge is 2.33. The van der Waals surface area contributed by atoms with Gasteiger partial charge in [-0.05, 0) is 63.4 Å². The summed E-state index contributed by atoms with van der Waals surface area (Å²) in [6, 6.07) is 21.7. The van der Waals surface area contributed by atoms with Crippen molar-refractivity contribution in [1.29, 1.82) is 0 Å². The second-order valence-corrected chi connectivity index (χ2v) is 11.9. The van der Waals surface area contributed by atoms with Crippen LogP contribution in [0.4, 0.5) is 5.69 Å². The fourth-order valence-corrected chi connectivity index (χ4v) is 5.76. The summed E-state index contributed by atoms with van der Waals surface area (Å²) < 4.78 is 28.7. The first kappa shape index (κ1) is 30.2. The molecule has 0 spiro atoms. The fraction of sp³-hybridized carbons (Fsp3) is 0.333. The number of benzene rings is 3. The molecule has 0 heterocycles. The molecule has 3 aromatic carbocycles. The van der Waals surface area contributed by atoms with Crippen molar-refractivity contribution in [2.45, 2.75) is 57.5 Å². The van der Waals surface area contributed by atoms with Crippen LogP contribution >= 0.6 is 11.6 Å². The molecule has 7 nitrogen and oxygen atoms in total. The van der Waals surface area contributed by atoms with Crippen molar-refractivity contribution in [1.82, 2.24) is 10.2 Å². The van der Waals surface area contributed by atoms with Crippen molar-refractivity contribution in [3.8, 4) is 0 Å². The summed E-state index contributed by atoms with van der Waals surface area (Å²) in [6.07, 6.45) is 1.25. The van der Waals surface area contributed by atoms with Crippen molar-refractivity contribution in [3.05, 3.63) is 95.0 Å². The average Bonchev–Trinajstić information content (AvgIpc) is 2.92. The molecule has 0 aliphatic rings. The lowest BCUT2D eigenvalue weighted by atomic mass is 10.1. The number of amides is 2. The minimum absolute atomic E-state index is 0.0409. The molecule has 0 radical (unpaired) electrons. The third kappa shape index (κ3) is 7.83. The third-order valence-corrected chi connectivity index (χ3v) is 8.76. The lowest BCUT2D eigenvalue weighted by Gasteiger charge is -2.32. The highest BCUT2D eigenvalue weighted by Crippen LogP contribution is 2.30. The summed E-state index contributed by atoms with van der Waals surface area (Å²) in [7, 11) is -4.16. The topological polar surface area (TPSA) is 86.8 Å². The van der Waals surface area contributed by atoms with Crippen LogP contribution in [0, 0.1) is 6.92 Å². The van der Waals surface area contributed by atoms with Gasteiger partial charge in [-0.2, -0.15) is 0 Å². The number of carbonyl (C=O) groups is 2. The number of hydrogen-bond donors (Lipinski definition) is 1. The first-order chi connectivity index (χ1) is 18.5. The molecule has 0 aliphatic carbocycles. The van der Waals surface area contributed by atoms with E-state index in [1.165, 1.54) is 17.0 Å². The van der Waals surface area contributed by atoms with Crippen LogP contribution in [0.1, 0.15) is 38.3 Å². The van der Waals surface area contributed by atoms with Gasteiger partial charge >= 0.3 is 0 Å². The average molecular weight is 570 g/mol. The number of carbonyl (C=O) groups excluding carboxylic acids is 2. The summed E-state index contributed by atoms with van der Waals surface area (Å²) in [5.74, 6) is -0.801. The van der Waals surface area contributed by atoms with Gasteiger partial charge in [0.2, 0.25) is 11.8 Å². The molecular formula is C30H36ClN3O4S. The van der Waals surface area contributed by atoms with E-state index in [4.69, 9.17) is 11.6 Å². The van der Waals surface area contributed by atoms with E-state index in [1.807, 2.05) is 51.1 Å². The van der Waals surface area contributed by atoms with Crippen LogP contribution in [0.15, 0.2) is 83.8 Å². The predicted octanol–water partition coefficient (Wildman–Crippen LogP) is 5.22. The van der Waals surface area contributed by atoms with Crippen molar-refractivity contribution in [2.24, 2.45) is 0 Å². The number of aryl methyl sites for hydroxylation is 1. The third-order valence-electron chi connectivity index (χ3n) is 6.66. The van der Waals surface area contributed by atoms with Gasteiger partial charge in [-0.15, -0.1) is 0 Å². The Morgan fingerprint density at radius 2 is 1.54 bits per heavy atom. The Kier molecular flexibility index (Phi) is 10.5. The van der Waals surface area contributed by atoms with E-state index in [0.717, 1.165) is 21.9 Å². The molecule has 39 heavy (non-hydrogen) atoms. The lowest BCUT2D eigenvalue weighted by Crippen LogP contribution is -2.53. The molecule has 2 atom stereocenters. The minimum Gasteiger partial charge on any atom is -0.352 e. The van der Waals surface area contributed by atoms with Crippen molar-refractivity contribution < 1.29 is 18.0 Å². The molecule has 0 saturated heterocycles. The van der Waals surface area contributed by atoms with E-state index in [9.17, 15) is 18.0 Å². The highest BCUT2D eigenvalue weighted by molar-refractivity contribution is 7.92. The standard InChI is InChI=1S/C30H36ClN3O4S/c1-5-23(3)32-30(36)24(4)33(20-19-25-11-7-6-8-12-25)29(35)21-34(28-14-10-9-13-27(28)31)39(37,38)26-17-15-22(2)16-18-26/h6-18,23-24H,5,19-21H2,1-4H3,(H,32,36).